The number of halogens is 7. The molecular formula is C26H26F7NO3. The first-order valence-corrected chi connectivity index (χ1v) is 11.7. The van der Waals surface area contributed by atoms with Crippen LogP contribution in [0.25, 0.3) is 0 Å². The van der Waals surface area contributed by atoms with Crippen molar-refractivity contribution < 1.29 is 45.0 Å². The molecule has 0 radical (unpaired) electrons. The van der Waals surface area contributed by atoms with Crippen LogP contribution in [0.1, 0.15) is 61.0 Å². The highest BCUT2D eigenvalue weighted by molar-refractivity contribution is 5.78. The number of alkyl halides is 6. The Morgan fingerprint density at radius 3 is 2.08 bits per heavy atom. The summed E-state index contributed by atoms with van der Waals surface area (Å²) in [6, 6.07) is 6.37. The molecule has 0 bridgehead atoms. The summed E-state index contributed by atoms with van der Waals surface area (Å²) in [6.45, 7) is 3.26. The molecule has 2 heterocycles. The SMILES string of the molecule is COC1(C)CCC(=O)N2C[C@H](O[C@H](C)c3cc(C(F)(F)F)cc(C(F)(F)F)c3)[C@@H](c3ccc(F)cc3)[C@@H]21. The van der Waals surface area contributed by atoms with Crippen molar-refractivity contribution in [3.05, 3.63) is 70.5 Å². The van der Waals surface area contributed by atoms with Gasteiger partial charge in [0, 0.05) is 26.0 Å². The summed E-state index contributed by atoms with van der Waals surface area (Å²) in [4.78, 5) is 14.4. The van der Waals surface area contributed by atoms with E-state index in [4.69, 9.17) is 9.47 Å². The highest BCUT2D eigenvalue weighted by Crippen LogP contribution is 2.48. The van der Waals surface area contributed by atoms with Crippen molar-refractivity contribution >= 4 is 5.91 Å². The van der Waals surface area contributed by atoms with Crippen molar-refractivity contribution in [3.8, 4) is 0 Å². The lowest BCUT2D eigenvalue weighted by Crippen LogP contribution is -2.57. The van der Waals surface area contributed by atoms with Gasteiger partial charge in [-0.05, 0) is 61.7 Å². The van der Waals surface area contributed by atoms with E-state index in [9.17, 15) is 35.5 Å². The Labute approximate surface area is 209 Å². The van der Waals surface area contributed by atoms with Gasteiger partial charge in [-0.2, -0.15) is 26.3 Å². The molecule has 5 atom stereocenters. The first kappa shape index (κ1) is 27.4. The number of ether oxygens (including phenoxy) is 2. The minimum absolute atomic E-state index is 0.0555. The normalized spacial score (nSPS) is 27.4. The van der Waals surface area contributed by atoms with E-state index in [0.29, 0.717) is 24.1 Å². The summed E-state index contributed by atoms with van der Waals surface area (Å²) >= 11 is 0. The Hall–Kier alpha value is -2.66. The van der Waals surface area contributed by atoms with Gasteiger partial charge in [-0.3, -0.25) is 4.79 Å². The molecule has 0 saturated carbocycles. The number of rotatable bonds is 5. The molecule has 2 fully saturated rings. The maximum atomic E-state index is 13.7. The van der Waals surface area contributed by atoms with Crippen molar-refractivity contribution in [3.63, 3.8) is 0 Å². The van der Waals surface area contributed by atoms with Crippen LogP contribution in [-0.4, -0.2) is 42.2 Å². The van der Waals surface area contributed by atoms with Gasteiger partial charge in [0.05, 0.1) is 35.0 Å². The van der Waals surface area contributed by atoms with Gasteiger partial charge in [-0.1, -0.05) is 12.1 Å². The van der Waals surface area contributed by atoms with Gasteiger partial charge in [0.1, 0.15) is 5.82 Å². The second kappa shape index (κ2) is 9.58. The summed E-state index contributed by atoms with van der Waals surface area (Å²) in [5, 5.41) is 0. The molecule has 0 spiro atoms. The summed E-state index contributed by atoms with van der Waals surface area (Å²) in [5.74, 6) is -1.21. The quantitative estimate of drug-likeness (QED) is 0.412. The molecule has 11 heteroatoms. The maximum Gasteiger partial charge on any atom is 0.416 e. The van der Waals surface area contributed by atoms with Crippen LogP contribution in [0.5, 0.6) is 0 Å². The maximum absolute atomic E-state index is 13.7. The van der Waals surface area contributed by atoms with Crippen molar-refractivity contribution in [1.29, 1.82) is 0 Å². The predicted molar refractivity (Wildman–Crippen MR) is 119 cm³/mol. The predicted octanol–water partition coefficient (Wildman–Crippen LogP) is 6.50. The number of amides is 1. The number of carbonyl (C=O) groups is 1. The number of hydrogen-bond donors (Lipinski definition) is 0. The third-order valence-electron chi connectivity index (χ3n) is 7.41. The molecule has 4 rings (SSSR count). The van der Waals surface area contributed by atoms with Gasteiger partial charge in [-0.25, -0.2) is 4.39 Å². The third-order valence-corrected chi connectivity index (χ3v) is 7.41. The molecular weight excluding hydrogens is 507 g/mol. The number of hydrogen-bond acceptors (Lipinski definition) is 3. The number of piperidine rings is 1. The Morgan fingerprint density at radius 1 is 1.00 bits per heavy atom. The van der Waals surface area contributed by atoms with E-state index in [1.807, 2.05) is 6.92 Å². The van der Waals surface area contributed by atoms with Crippen molar-refractivity contribution in [2.75, 3.05) is 13.7 Å². The van der Waals surface area contributed by atoms with E-state index >= 15 is 0 Å². The minimum Gasteiger partial charge on any atom is -0.376 e. The van der Waals surface area contributed by atoms with E-state index in [0.717, 1.165) is 0 Å². The first-order chi connectivity index (χ1) is 17.1. The summed E-state index contributed by atoms with van der Waals surface area (Å²) < 4.78 is 106. The highest BCUT2D eigenvalue weighted by Gasteiger charge is 2.56. The first-order valence-electron chi connectivity index (χ1n) is 11.7. The van der Waals surface area contributed by atoms with Crippen LogP contribution in [-0.2, 0) is 26.6 Å². The number of methoxy groups -OCH3 is 1. The summed E-state index contributed by atoms with van der Waals surface area (Å²) in [5.41, 5.74) is -3.36. The zero-order valence-corrected chi connectivity index (χ0v) is 20.3. The second-order valence-corrected chi connectivity index (χ2v) is 9.74. The van der Waals surface area contributed by atoms with Gasteiger partial charge in [0.15, 0.2) is 0 Å². The van der Waals surface area contributed by atoms with Gasteiger partial charge < -0.3 is 14.4 Å². The number of benzene rings is 2. The molecule has 4 nitrogen and oxygen atoms in total. The van der Waals surface area contributed by atoms with Crippen LogP contribution in [0.4, 0.5) is 30.7 Å². The molecule has 0 N–H and O–H groups in total. The largest absolute Gasteiger partial charge is 0.416 e. The van der Waals surface area contributed by atoms with Crippen LogP contribution >= 0.6 is 0 Å². The standard InChI is InChI=1S/C26H26F7NO3/c1-14(16-10-17(25(28,29)30)12-18(11-16)26(31,32)33)37-20-13-34-21(35)8-9-24(2,36-3)23(34)22(20)15-4-6-19(27)7-5-15/h4-7,10-12,14,20,22-23H,8-9,13H2,1-3H3/t14-,20+,22-,23-,24?/m1/s1. The van der Waals surface area contributed by atoms with E-state index in [1.165, 1.54) is 38.3 Å². The van der Waals surface area contributed by atoms with E-state index < -0.39 is 59.1 Å². The lowest BCUT2D eigenvalue weighted by Gasteiger charge is -2.45. The second-order valence-electron chi connectivity index (χ2n) is 9.74. The topological polar surface area (TPSA) is 38.8 Å². The van der Waals surface area contributed by atoms with Crippen LogP contribution in [0.3, 0.4) is 0 Å². The molecule has 0 aliphatic carbocycles. The molecule has 2 aliphatic rings. The Kier molecular flexibility index (Phi) is 7.09. The van der Waals surface area contributed by atoms with Crippen LogP contribution in [0, 0.1) is 5.82 Å². The average Bonchev–Trinajstić information content (AvgIpc) is 3.21. The smallest absolute Gasteiger partial charge is 0.376 e. The lowest BCUT2D eigenvalue weighted by molar-refractivity contribution is -0.150. The fraction of sp³-hybridized carbons (Fsp3) is 0.500. The van der Waals surface area contributed by atoms with Crippen LogP contribution in [0.15, 0.2) is 42.5 Å². The summed E-state index contributed by atoms with van der Waals surface area (Å²) in [6.07, 6.45) is -11.3. The van der Waals surface area contributed by atoms with Crippen molar-refractivity contribution in [1.82, 2.24) is 4.90 Å². The minimum atomic E-state index is -4.99. The molecule has 2 aromatic carbocycles. The van der Waals surface area contributed by atoms with E-state index in [2.05, 4.69) is 0 Å². The Morgan fingerprint density at radius 2 is 1.57 bits per heavy atom. The monoisotopic (exact) mass is 533 g/mol. The van der Waals surface area contributed by atoms with Crippen LogP contribution < -0.4 is 0 Å². The van der Waals surface area contributed by atoms with Gasteiger partial charge in [0.2, 0.25) is 5.91 Å². The molecule has 1 amide bonds. The molecule has 2 aromatic rings. The van der Waals surface area contributed by atoms with Gasteiger partial charge >= 0.3 is 12.4 Å². The number of carbonyl (C=O) groups excluding carboxylic acids is 1. The molecule has 1 unspecified atom stereocenters. The molecule has 202 valence electrons. The van der Waals surface area contributed by atoms with E-state index in [-0.39, 0.29) is 30.5 Å². The number of fused-ring (bicyclic) bond motifs is 1. The summed E-state index contributed by atoms with van der Waals surface area (Å²) in [7, 11) is 1.51. The fourth-order valence-corrected chi connectivity index (χ4v) is 5.42. The van der Waals surface area contributed by atoms with Crippen LogP contribution in [0.2, 0.25) is 0 Å². The molecule has 37 heavy (non-hydrogen) atoms. The van der Waals surface area contributed by atoms with Crippen molar-refractivity contribution in [2.24, 2.45) is 0 Å². The lowest BCUT2D eigenvalue weighted by atomic mass is 9.77. The zero-order chi connectivity index (χ0) is 27.3. The number of nitrogens with zero attached hydrogens (tertiary/aromatic N) is 1. The molecule has 0 aromatic heterocycles. The van der Waals surface area contributed by atoms with Gasteiger partial charge in [-0.15, -0.1) is 0 Å². The molecule has 2 aliphatic heterocycles. The highest BCUT2D eigenvalue weighted by atomic mass is 19.4. The van der Waals surface area contributed by atoms with E-state index in [1.54, 1.807) is 4.90 Å². The fourth-order valence-electron chi connectivity index (χ4n) is 5.42. The molecule has 2 saturated heterocycles. The Bertz CT molecular complexity index is 1120. The third kappa shape index (κ3) is 5.34. The Balaban J connectivity index is 1.74. The average molecular weight is 533 g/mol. The van der Waals surface area contributed by atoms with Crippen molar-refractivity contribution in [2.45, 2.75) is 68.8 Å². The van der Waals surface area contributed by atoms with Gasteiger partial charge in [0.25, 0.3) is 0 Å². The zero-order valence-electron chi connectivity index (χ0n) is 20.3.